The van der Waals surface area contributed by atoms with Crippen LogP contribution in [0.5, 0.6) is 0 Å². The van der Waals surface area contributed by atoms with Crippen molar-refractivity contribution >= 4 is 23.4 Å². The van der Waals surface area contributed by atoms with E-state index in [-0.39, 0.29) is 5.69 Å². The third kappa shape index (κ3) is 4.60. The maximum atomic E-state index is 13.8. The Hall–Kier alpha value is -2.97. The Balaban J connectivity index is 1.63. The Bertz CT molecular complexity index is 812. The molecule has 0 atom stereocenters. The van der Waals surface area contributed by atoms with Gasteiger partial charge < -0.3 is 20.2 Å². The Morgan fingerprint density at radius 2 is 2.07 bits per heavy atom. The third-order valence-corrected chi connectivity index (χ3v) is 4.68. The zero-order chi connectivity index (χ0) is 19.4. The van der Waals surface area contributed by atoms with Gasteiger partial charge in [-0.25, -0.2) is 23.5 Å². The summed E-state index contributed by atoms with van der Waals surface area (Å²) in [5.74, 6) is -0.532. The summed E-state index contributed by atoms with van der Waals surface area (Å²) in [6, 6.07) is 5.56. The van der Waals surface area contributed by atoms with E-state index in [4.69, 9.17) is 5.11 Å². The van der Waals surface area contributed by atoms with Crippen LogP contribution in [0.25, 0.3) is 0 Å². The lowest BCUT2D eigenvalue weighted by molar-refractivity contribution is 0.125. The largest absolute Gasteiger partial charge is 0.465 e. The smallest absolute Gasteiger partial charge is 0.407 e. The van der Waals surface area contributed by atoms with Crippen molar-refractivity contribution in [3.05, 3.63) is 42.2 Å². The van der Waals surface area contributed by atoms with E-state index in [0.29, 0.717) is 30.6 Å². The summed E-state index contributed by atoms with van der Waals surface area (Å²) in [5, 5.41) is 11.8. The summed E-state index contributed by atoms with van der Waals surface area (Å²) in [5.41, 5.74) is 0.00310. The topological polar surface area (TPSA) is 81.6 Å². The van der Waals surface area contributed by atoms with Crippen LogP contribution in [-0.4, -0.2) is 52.7 Å². The molecule has 1 aromatic carbocycles. The summed E-state index contributed by atoms with van der Waals surface area (Å²) in [6.07, 6.45) is 2.07. The van der Waals surface area contributed by atoms with E-state index in [2.05, 4.69) is 15.3 Å². The summed E-state index contributed by atoms with van der Waals surface area (Å²) in [6.45, 7) is 1.78. The first-order valence-electron chi connectivity index (χ1n) is 8.66. The van der Waals surface area contributed by atoms with Gasteiger partial charge in [0.1, 0.15) is 18.0 Å². The molecular weight excluding hydrogens is 356 g/mol. The summed E-state index contributed by atoms with van der Waals surface area (Å²) >= 11 is 0. The van der Waals surface area contributed by atoms with E-state index in [1.165, 1.54) is 23.4 Å². The molecule has 144 valence electrons. The van der Waals surface area contributed by atoms with Crippen molar-refractivity contribution in [2.75, 3.05) is 36.9 Å². The summed E-state index contributed by atoms with van der Waals surface area (Å²) in [4.78, 5) is 22.6. The SMILES string of the molecule is CN(CC1CCN(C(=O)O)CC1)c1cc(Nc2cccc(F)c2F)ncn1. The lowest BCUT2D eigenvalue weighted by Gasteiger charge is -2.32. The molecule has 0 unspecified atom stereocenters. The fourth-order valence-corrected chi connectivity index (χ4v) is 3.15. The van der Waals surface area contributed by atoms with Gasteiger partial charge in [-0.3, -0.25) is 0 Å². The number of halogens is 2. The second kappa shape index (κ2) is 8.15. The minimum atomic E-state index is -0.962. The first kappa shape index (κ1) is 18.8. The molecule has 0 radical (unpaired) electrons. The van der Waals surface area contributed by atoms with Crippen molar-refractivity contribution in [1.82, 2.24) is 14.9 Å². The van der Waals surface area contributed by atoms with E-state index >= 15 is 0 Å². The standard InChI is InChI=1S/C18H21F2N5O2/c1-24(10-12-5-7-25(8-6-12)18(26)27)16-9-15(21-11-22-16)23-14-4-2-3-13(19)17(14)20/h2-4,9,11-12H,5-8,10H2,1H3,(H,26,27)(H,21,22,23). The predicted molar refractivity (Wildman–Crippen MR) is 97.3 cm³/mol. The van der Waals surface area contributed by atoms with Gasteiger partial charge in [0.15, 0.2) is 11.6 Å². The monoisotopic (exact) mass is 377 g/mol. The maximum absolute atomic E-state index is 13.8. The molecule has 0 aliphatic carbocycles. The molecule has 1 aliphatic heterocycles. The van der Waals surface area contributed by atoms with Gasteiger partial charge in [0, 0.05) is 32.7 Å². The van der Waals surface area contributed by atoms with Crippen LogP contribution in [0.1, 0.15) is 12.8 Å². The average Bonchev–Trinajstić information content (AvgIpc) is 2.66. The molecule has 7 nitrogen and oxygen atoms in total. The van der Waals surface area contributed by atoms with E-state index in [9.17, 15) is 13.6 Å². The molecule has 9 heteroatoms. The number of hydrogen-bond donors (Lipinski definition) is 2. The number of hydrogen-bond acceptors (Lipinski definition) is 5. The highest BCUT2D eigenvalue weighted by molar-refractivity contribution is 5.65. The number of carbonyl (C=O) groups is 1. The lowest BCUT2D eigenvalue weighted by Crippen LogP contribution is -2.40. The van der Waals surface area contributed by atoms with E-state index in [0.717, 1.165) is 25.5 Å². The molecule has 0 bridgehead atoms. The number of rotatable bonds is 5. The van der Waals surface area contributed by atoms with Crippen molar-refractivity contribution < 1.29 is 18.7 Å². The van der Waals surface area contributed by atoms with Crippen LogP contribution in [-0.2, 0) is 0 Å². The Morgan fingerprint density at radius 3 is 2.78 bits per heavy atom. The second-order valence-electron chi connectivity index (χ2n) is 6.58. The predicted octanol–water partition coefficient (Wildman–Crippen LogP) is 3.32. The first-order chi connectivity index (χ1) is 12.9. The first-order valence-corrected chi connectivity index (χ1v) is 8.66. The number of nitrogens with zero attached hydrogens (tertiary/aromatic N) is 4. The van der Waals surface area contributed by atoms with Gasteiger partial charge in [-0.05, 0) is 30.9 Å². The molecule has 27 heavy (non-hydrogen) atoms. The van der Waals surface area contributed by atoms with Gasteiger partial charge in [0.05, 0.1) is 5.69 Å². The van der Waals surface area contributed by atoms with Crippen molar-refractivity contribution in [3.8, 4) is 0 Å². The number of piperidine rings is 1. The number of carboxylic acid groups (broad SMARTS) is 1. The van der Waals surface area contributed by atoms with Crippen LogP contribution in [0.4, 0.5) is 30.9 Å². The minimum Gasteiger partial charge on any atom is -0.465 e. The van der Waals surface area contributed by atoms with Gasteiger partial charge in [0.2, 0.25) is 0 Å². The number of aromatic nitrogens is 2. The van der Waals surface area contributed by atoms with Gasteiger partial charge in [-0.2, -0.15) is 0 Å². The van der Waals surface area contributed by atoms with Crippen molar-refractivity contribution in [2.24, 2.45) is 5.92 Å². The molecule has 1 aromatic heterocycles. The van der Waals surface area contributed by atoms with Crippen LogP contribution < -0.4 is 10.2 Å². The average molecular weight is 377 g/mol. The summed E-state index contributed by atoms with van der Waals surface area (Å²) in [7, 11) is 1.89. The van der Waals surface area contributed by atoms with Crippen LogP contribution in [0, 0.1) is 17.6 Å². The fraction of sp³-hybridized carbons (Fsp3) is 0.389. The van der Waals surface area contributed by atoms with E-state index in [1.54, 1.807) is 6.07 Å². The lowest BCUT2D eigenvalue weighted by atomic mass is 9.96. The zero-order valence-electron chi connectivity index (χ0n) is 14.9. The Kier molecular flexibility index (Phi) is 5.68. The number of amides is 1. The summed E-state index contributed by atoms with van der Waals surface area (Å²) < 4.78 is 27.1. The molecule has 0 spiro atoms. The highest BCUT2D eigenvalue weighted by atomic mass is 19.2. The molecule has 2 heterocycles. The molecule has 0 saturated carbocycles. The number of likely N-dealkylation sites (tertiary alicyclic amines) is 1. The van der Waals surface area contributed by atoms with Crippen molar-refractivity contribution in [2.45, 2.75) is 12.8 Å². The van der Waals surface area contributed by atoms with Crippen molar-refractivity contribution in [1.29, 1.82) is 0 Å². The molecule has 3 rings (SSSR count). The van der Waals surface area contributed by atoms with Gasteiger partial charge >= 0.3 is 6.09 Å². The van der Waals surface area contributed by atoms with Gasteiger partial charge in [-0.15, -0.1) is 0 Å². The molecular formula is C18H21F2N5O2. The van der Waals surface area contributed by atoms with Crippen LogP contribution in [0.15, 0.2) is 30.6 Å². The van der Waals surface area contributed by atoms with Gasteiger partial charge in [0.25, 0.3) is 0 Å². The van der Waals surface area contributed by atoms with E-state index in [1.807, 2.05) is 11.9 Å². The second-order valence-corrected chi connectivity index (χ2v) is 6.58. The van der Waals surface area contributed by atoms with Crippen LogP contribution in [0.2, 0.25) is 0 Å². The van der Waals surface area contributed by atoms with E-state index < -0.39 is 17.7 Å². The molecule has 1 fully saturated rings. The third-order valence-electron chi connectivity index (χ3n) is 4.68. The zero-order valence-corrected chi connectivity index (χ0v) is 14.9. The Labute approximate surface area is 155 Å². The Morgan fingerprint density at radius 1 is 1.33 bits per heavy atom. The number of nitrogens with one attached hydrogen (secondary N) is 1. The fourth-order valence-electron chi connectivity index (χ4n) is 3.15. The quantitative estimate of drug-likeness (QED) is 0.832. The number of anilines is 3. The highest BCUT2D eigenvalue weighted by Gasteiger charge is 2.23. The normalized spacial score (nSPS) is 14.9. The molecule has 1 aliphatic rings. The van der Waals surface area contributed by atoms with Gasteiger partial charge in [-0.1, -0.05) is 6.07 Å². The molecule has 1 amide bonds. The minimum absolute atomic E-state index is 0.00310. The number of benzene rings is 1. The highest BCUT2D eigenvalue weighted by Crippen LogP contribution is 2.24. The molecule has 2 N–H and O–H groups in total. The van der Waals surface area contributed by atoms with Crippen molar-refractivity contribution in [3.63, 3.8) is 0 Å². The molecule has 2 aromatic rings. The van der Waals surface area contributed by atoms with Crippen LogP contribution >= 0.6 is 0 Å². The molecule has 1 saturated heterocycles. The maximum Gasteiger partial charge on any atom is 0.407 e. The van der Waals surface area contributed by atoms with Crippen LogP contribution in [0.3, 0.4) is 0 Å².